The number of aliphatic imine (C=N–C) groups is 1. The van der Waals surface area contributed by atoms with Crippen molar-refractivity contribution in [3.05, 3.63) is 0 Å². The van der Waals surface area contributed by atoms with Gasteiger partial charge < -0.3 is 35.6 Å². The van der Waals surface area contributed by atoms with Gasteiger partial charge in [-0.15, -0.1) is 4.99 Å². The molecule has 3 rings (SSSR count). The van der Waals surface area contributed by atoms with Gasteiger partial charge in [-0.25, -0.2) is 4.79 Å². The van der Waals surface area contributed by atoms with Gasteiger partial charge >= 0.3 is 6.09 Å². The third-order valence-electron chi connectivity index (χ3n) is 7.92. The van der Waals surface area contributed by atoms with Crippen LogP contribution in [0.5, 0.6) is 0 Å². The van der Waals surface area contributed by atoms with Crippen molar-refractivity contribution >= 4 is 23.9 Å². The average molecular weight is 562 g/mol. The van der Waals surface area contributed by atoms with Gasteiger partial charge in [-0.1, -0.05) is 46.0 Å². The van der Waals surface area contributed by atoms with E-state index in [0.29, 0.717) is 77.1 Å². The van der Waals surface area contributed by atoms with Gasteiger partial charge in [0.05, 0.1) is 25.9 Å². The zero-order valence-electron chi connectivity index (χ0n) is 24.2. The van der Waals surface area contributed by atoms with Crippen LogP contribution in [0.3, 0.4) is 0 Å². The van der Waals surface area contributed by atoms with Gasteiger partial charge in [-0.05, 0) is 31.1 Å². The van der Waals surface area contributed by atoms with Gasteiger partial charge in [0.2, 0.25) is 17.8 Å². The Morgan fingerprint density at radius 1 is 1.12 bits per heavy atom. The smallest absolute Gasteiger partial charge is 0.436 e. The molecule has 2 aliphatic heterocycles. The van der Waals surface area contributed by atoms with Gasteiger partial charge in [-0.3, -0.25) is 9.59 Å². The highest BCUT2D eigenvalue weighted by molar-refractivity contribution is 5.94. The molecule has 0 aromatic carbocycles. The molecule has 0 aromatic heterocycles. The molecular formula is C28H47N7O5. The minimum absolute atomic E-state index is 0.174. The second-order valence-electron chi connectivity index (χ2n) is 11.7. The Labute approximate surface area is 238 Å². The van der Waals surface area contributed by atoms with Crippen LogP contribution in [0.15, 0.2) is 4.99 Å². The number of hydrogen-bond donors (Lipinski definition) is 3. The van der Waals surface area contributed by atoms with E-state index in [-0.39, 0.29) is 30.8 Å². The molecule has 0 spiro atoms. The standard InChI is InChI=1S/C28H47N7O5/c1-21(2)19-40-27(38)32-26(35-14-16-39-17-15-35)31-23(18-22-6-4-3-5-7-22)25(37)33-28(20-29)9-12-34(13-10-28)11-8-24(30)36/h21-23H,3-19H2,1-2H3,(H2,30,36)(H,33,37)(H,31,32,38). The summed E-state index contributed by atoms with van der Waals surface area (Å²) in [6.45, 7) is 7.93. The second-order valence-corrected chi connectivity index (χ2v) is 11.7. The van der Waals surface area contributed by atoms with E-state index >= 15 is 0 Å². The van der Waals surface area contributed by atoms with E-state index in [2.05, 4.69) is 26.6 Å². The van der Waals surface area contributed by atoms with Gasteiger partial charge in [0.25, 0.3) is 0 Å². The zero-order valence-corrected chi connectivity index (χ0v) is 24.2. The summed E-state index contributed by atoms with van der Waals surface area (Å²) in [5.41, 5.74) is 4.29. The number of guanidine groups is 1. The molecule has 3 amide bonds. The van der Waals surface area contributed by atoms with Crippen molar-refractivity contribution < 1.29 is 23.9 Å². The lowest BCUT2D eigenvalue weighted by atomic mass is 9.84. The van der Waals surface area contributed by atoms with E-state index in [9.17, 15) is 19.6 Å². The highest BCUT2D eigenvalue weighted by Gasteiger charge is 2.39. The van der Waals surface area contributed by atoms with E-state index in [1.54, 1.807) is 0 Å². The molecule has 1 aliphatic carbocycles. The normalized spacial score (nSPS) is 21.4. The number of hydrogen-bond acceptors (Lipinski definition) is 7. The van der Waals surface area contributed by atoms with Crippen molar-refractivity contribution in [2.45, 2.75) is 83.2 Å². The van der Waals surface area contributed by atoms with E-state index in [1.165, 1.54) is 6.42 Å². The van der Waals surface area contributed by atoms with Crippen LogP contribution in [0.1, 0.15) is 71.6 Å². The number of likely N-dealkylation sites (tertiary alicyclic amines) is 1. The molecule has 3 aliphatic rings. The maximum atomic E-state index is 13.9. The Morgan fingerprint density at radius 2 is 1.80 bits per heavy atom. The Balaban J connectivity index is 1.76. The Kier molecular flexibility index (Phi) is 12.5. The second kappa shape index (κ2) is 15.8. The van der Waals surface area contributed by atoms with Gasteiger partial charge in [0, 0.05) is 39.1 Å². The molecule has 2 saturated heterocycles. The fourth-order valence-electron chi connectivity index (χ4n) is 5.48. The fourth-order valence-corrected chi connectivity index (χ4v) is 5.48. The number of ether oxygens (including phenoxy) is 2. The van der Waals surface area contributed by atoms with Crippen LogP contribution in [-0.2, 0) is 19.1 Å². The van der Waals surface area contributed by atoms with E-state index in [0.717, 1.165) is 25.7 Å². The number of carbonyl (C=O) groups is 3. The summed E-state index contributed by atoms with van der Waals surface area (Å²) in [7, 11) is 0. The maximum Gasteiger partial charge on any atom is 0.436 e. The van der Waals surface area contributed by atoms with E-state index < -0.39 is 17.7 Å². The monoisotopic (exact) mass is 561 g/mol. The lowest BCUT2D eigenvalue weighted by molar-refractivity contribution is -0.125. The van der Waals surface area contributed by atoms with Crippen molar-refractivity contribution in [2.24, 2.45) is 22.6 Å². The largest absolute Gasteiger partial charge is 0.448 e. The van der Waals surface area contributed by atoms with Gasteiger partial charge in [-0.2, -0.15) is 5.26 Å². The highest BCUT2D eigenvalue weighted by Crippen LogP contribution is 2.28. The Hall–Kier alpha value is -2.91. The van der Waals surface area contributed by atoms with E-state index in [1.807, 2.05) is 18.7 Å². The number of rotatable bonds is 10. The van der Waals surface area contributed by atoms with Gasteiger partial charge in [0.15, 0.2) is 0 Å². The Morgan fingerprint density at radius 3 is 2.40 bits per heavy atom. The lowest BCUT2D eigenvalue weighted by Crippen LogP contribution is -2.60. The molecule has 2 heterocycles. The van der Waals surface area contributed by atoms with E-state index in [4.69, 9.17) is 15.2 Å². The first-order chi connectivity index (χ1) is 19.2. The first kappa shape index (κ1) is 31.6. The zero-order chi connectivity index (χ0) is 29.0. The molecule has 0 radical (unpaired) electrons. The van der Waals surface area contributed by atoms with Gasteiger partial charge in [0.1, 0.15) is 11.6 Å². The molecule has 0 bridgehead atoms. The number of piperidine rings is 1. The first-order valence-electron chi connectivity index (χ1n) is 14.8. The number of amides is 3. The summed E-state index contributed by atoms with van der Waals surface area (Å²) >= 11 is 0. The summed E-state index contributed by atoms with van der Waals surface area (Å²) in [4.78, 5) is 45.9. The van der Waals surface area contributed by atoms with Crippen molar-refractivity contribution in [3.8, 4) is 6.07 Å². The molecule has 4 N–H and O–H groups in total. The summed E-state index contributed by atoms with van der Waals surface area (Å²) < 4.78 is 10.8. The van der Waals surface area contributed by atoms with Crippen LogP contribution >= 0.6 is 0 Å². The van der Waals surface area contributed by atoms with Crippen molar-refractivity contribution in [1.29, 1.82) is 5.26 Å². The number of carbonyl (C=O) groups excluding carboxylic acids is 3. The third kappa shape index (κ3) is 10.2. The van der Waals surface area contributed by atoms with Crippen LogP contribution in [-0.4, -0.2) is 97.8 Å². The maximum absolute atomic E-state index is 13.9. The molecule has 40 heavy (non-hydrogen) atoms. The first-order valence-corrected chi connectivity index (χ1v) is 14.8. The predicted octanol–water partition coefficient (Wildman–Crippen LogP) is 1.75. The SMILES string of the molecule is CC(C)COC(=O)/N=C(\NC(CC1CCCCC1)C(=O)NC1(C#N)CCN(CCC(N)=O)CC1)N1CCOCC1. The summed E-state index contributed by atoms with van der Waals surface area (Å²) in [5, 5.41) is 16.5. The molecule has 12 nitrogen and oxygen atoms in total. The number of nitrogens with two attached hydrogens (primary N) is 1. The van der Waals surface area contributed by atoms with Crippen LogP contribution in [0, 0.1) is 23.2 Å². The van der Waals surface area contributed by atoms with Crippen molar-refractivity contribution in [1.82, 2.24) is 20.4 Å². The molecule has 224 valence electrons. The molecule has 1 atom stereocenters. The number of primary amides is 1. The molecule has 12 heteroatoms. The van der Waals surface area contributed by atoms with Crippen LogP contribution in [0.4, 0.5) is 4.79 Å². The quantitative estimate of drug-likeness (QED) is 0.266. The number of morpholine rings is 1. The topological polar surface area (TPSA) is 162 Å². The summed E-state index contributed by atoms with van der Waals surface area (Å²) in [6, 6.07) is 1.69. The molecular weight excluding hydrogens is 514 g/mol. The predicted molar refractivity (Wildman–Crippen MR) is 150 cm³/mol. The third-order valence-corrected chi connectivity index (χ3v) is 7.92. The summed E-state index contributed by atoms with van der Waals surface area (Å²) in [5.74, 6) is 0.222. The van der Waals surface area contributed by atoms with Crippen molar-refractivity contribution in [3.63, 3.8) is 0 Å². The number of nitrogens with zero attached hydrogens (tertiary/aromatic N) is 4. The molecule has 1 unspecified atom stereocenters. The number of nitriles is 1. The summed E-state index contributed by atoms with van der Waals surface area (Å²) in [6.07, 6.45) is 6.62. The fraction of sp³-hybridized carbons (Fsp3) is 0.821. The van der Waals surface area contributed by atoms with Crippen LogP contribution in [0.2, 0.25) is 0 Å². The van der Waals surface area contributed by atoms with Crippen LogP contribution < -0.4 is 16.4 Å². The Bertz CT molecular complexity index is 914. The molecule has 1 saturated carbocycles. The minimum Gasteiger partial charge on any atom is -0.448 e. The number of nitrogens with one attached hydrogen (secondary N) is 2. The van der Waals surface area contributed by atoms with Crippen LogP contribution in [0.25, 0.3) is 0 Å². The van der Waals surface area contributed by atoms with Crippen molar-refractivity contribution in [2.75, 3.05) is 52.5 Å². The lowest BCUT2D eigenvalue weighted by Gasteiger charge is -2.39. The minimum atomic E-state index is -1.00. The molecule has 0 aromatic rings. The molecule has 3 fully saturated rings. The average Bonchev–Trinajstić information content (AvgIpc) is 2.96. The highest BCUT2D eigenvalue weighted by atomic mass is 16.5.